The predicted octanol–water partition coefficient (Wildman–Crippen LogP) is 2.99. The molecule has 0 aliphatic carbocycles. The number of anilines is 2. The van der Waals surface area contributed by atoms with Gasteiger partial charge in [0.15, 0.2) is 0 Å². The zero-order chi connectivity index (χ0) is 20.3. The van der Waals surface area contributed by atoms with Crippen molar-refractivity contribution in [1.29, 1.82) is 0 Å². The SMILES string of the molecule is Cc1c(Cl)cccc1-c1cc(NCCc2ccc(S(N)(=O)=O)cc2)nc(N)n1. The number of rotatable bonds is 6. The molecule has 3 aromatic rings. The minimum absolute atomic E-state index is 0.0920. The number of nitrogens with two attached hydrogens (primary N) is 2. The molecule has 1 heterocycles. The van der Waals surface area contributed by atoms with E-state index in [2.05, 4.69) is 15.3 Å². The van der Waals surface area contributed by atoms with E-state index in [1.807, 2.05) is 31.2 Å². The number of hydrogen-bond acceptors (Lipinski definition) is 6. The Morgan fingerprint density at radius 1 is 1.11 bits per heavy atom. The van der Waals surface area contributed by atoms with Gasteiger partial charge in [0.2, 0.25) is 16.0 Å². The van der Waals surface area contributed by atoms with Gasteiger partial charge in [-0.25, -0.2) is 18.5 Å². The summed E-state index contributed by atoms with van der Waals surface area (Å²) in [5.74, 6) is 0.764. The number of hydrogen-bond donors (Lipinski definition) is 3. The highest BCUT2D eigenvalue weighted by Gasteiger charge is 2.10. The molecule has 0 atom stereocenters. The molecule has 0 bridgehead atoms. The predicted molar refractivity (Wildman–Crippen MR) is 112 cm³/mol. The Labute approximate surface area is 168 Å². The summed E-state index contributed by atoms with van der Waals surface area (Å²) in [6, 6.07) is 13.9. The lowest BCUT2D eigenvalue weighted by Crippen LogP contribution is -2.12. The monoisotopic (exact) mass is 417 g/mol. The molecule has 0 amide bonds. The van der Waals surface area contributed by atoms with E-state index in [1.54, 1.807) is 12.1 Å². The summed E-state index contributed by atoms with van der Waals surface area (Å²) < 4.78 is 22.6. The van der Waals surface area contributed by atoms with Crippen LogP contribution in [0, 0.1) is 6.92 Å². The number of sulfonamides is 1. The summed E-state index contributed by atoms with van der Waals surface area (Å²) >= 11 is 6.20. The number of nitrogens with one attached hydrogen (secondary N) is 1. The van der Waals surface area contributed by atoms with Gasteiger partial charge >= 0.3 is 0 Å². The number of halogens is 1. The summed E-state index contributed by atoms with van der Waals surface area (Å²) in [6.07, 6.45) is 0.667. The van der Waals surface area contributed by atoms with Crippen LogP contribution in [0.2, 0.25) is 5.02 Å². The first-order valence-corrected chi connectivity index (χ1v) is 10.4. The molecule has 2 aromatic carbocycles. The highest BCUT2D eigenvalue weighted by molar-refractivity contribution is 7.89. The number of benzene rings is 2. The van der Waals surface area contributed by atoms with E-state index in [-0.39, 0.29) is 10.8 Å². The molecule has 0 spiro atoms. The normalized spacial score (nSPS) is 11.4. The second-order valence-corrected chi connectivity index (χ2v) is 8.24. The molecule has 0 saturated heterocycles. The smallest absolute Gasteiger partial charge is 0.238 e. The lowest BCUT2D eigenvalue weighted by molar-refractivity contribution is 0.598. The topological polar surface area (TPSA) is 124 Å². The molecule has 0 fully saturated rings. The maximum absolute atomic E-state index is 11.3. The van der Waals surface area contributed by atoms with Crippen LogP contribution < -0.4 is 16.2 Å². The van der Waals surface area contributed by atoms with Crippen molar-refractivity contribution in [2.75, 3.05) is 17.6 Å². The minimum atomic E-state index is -3.68. The first-order valence-electron chi connectivity index (χ1n) is 8.50. The highest BCUT2D eigenvalue weighted by atomic mass is 35.5. The van der Waals surface area contributed by atoms with Crippen molar-refractivity contribution in [3.63, 3.8) is 0 Å². The summed E-state index contributed by atoms with van der Waals surface area (Å²) in [6.45, 7) is 2.51. The molecule has 9 heteroatoms. The van der Waals surface area contributed by atoms with E-state index in [1.165, 1.54) is 12.1 Å². The summed E-state index contributed by atoms with van der Waals surface area (Å²) in [5.41, 5.74) is 9.33. The van der Waals surface area contributed by atoms with E-state index in [0.29, 0.717) is 29.5 Å². The van der Waals surface area contributed by atoms with Gasteiger partial charge in [-0.15, -0.1) is 0 Å². The van der Waals surface area contributed by atoms with Crippen LogP contribution in [0.4, 0.5) is 11.8 Å². The van der Waals surface area contributed by atoms with Crippen LogP contribution in [-0.4, -0.2) is 24.9 Å². The molecule has 0 radical (unpaired) electrons. The minimum Gasteiger partial charge on any atom is -0.370 e. The van der Waals surface area contributed by atoms with E-state index >= 15 is 0 Å². The van der Waals surface area contributed by atoms with Crippen LogP contribution in [0.25, 0.3) is 11.3 Å². The van der Waals surface area contributed by atoms with E-state index < -0.39 is 10.0 Å². The Kier molecular flexibility index (Phi) is 5.83. The summed E-state index contributed by atoms with van der Waals surface area (Å²) in [7, 11) is -3.68. The molecule has 0 unspecified atom stereocenters. The third kappa shape index (κ3) is 4.78. The first-order chi connectivity index (χ1) is 13.2. The van der Waals surface area contributed by atoms with Crippen LogP contribution in [0.5, 0.6) is 0 Å². The molecule has 0 saturated carbocycles. The average Bonchev–Trinajstić information content (AvgIpc) is 2.63. The number of aromatic nitrogens is 2. The van der Waals surface area contributed by atoms with Crippen LogP contribution in [0.1, 0.15) is 11.1 Å². The Bertz CT molecular complexity index is 1100. The van der Waals surface area contributed by atoms with Gasteiger partial charge < -0.3 is 11.1 Å². The lowest BCUT2D eigenvalue weighted by Gasteiger charge is -2.11. The van der Waals surface area contributed by atoms with Crippen molar-refractivity contribution in [3.8, 4) is 11.3 Å². The van der Waals surface area contributed by atoms with Crippen molar-refractivity contribution in [2.45, 2.75) is 18.2 Å². The summed E-state index contributed by atoms with van der Waals surface area (Å²) in [4.78, 5) is 8.61. The fourth-order valence-corrected chi connectivity index (χ4v) is 3.45. The fraction of sp³-hybridized carbons (Fsp3) is 0.158. The van der Waals surface area contributed by atoms with Crippen LogP contribution in [0.15, 0.2) is 53.4 Å². The van der Waals surface area contributed by atoms with Crippen molar-refractivity contribution in [3.05, 3.63) is 64.7 Å². The summed E-state index contributed by atoms with van der Waals surface area (Å²) in [5, 5.41) is 8.98. The number of nitrogen functional groups attached to an aromatic ring is 1. The number of nitrogens with zero attached hydrogens (tertiary/aromatic N) is 2. The van der Waals surface area contributed by atoms with Crippen molar-refractivity contribution in [1.82, 2.24) is 9.97 Å². The molecule has 146 valence electrons. The Morgan fingerprint density at radius 2 is 1.82 bits per heavy atom. The quantitative estimate of drug-likeness (QED) is 0.566. The Balaban J connectivity index is 1.71. The van der Waals surface area contributed by atoms with Gasteiger partial charge in [0.1, 0.15) is 5.82 Å². The molecule has 3 rings (SSSR count). The van der Waals surface area contributed by atoms with Gasteiger partial charge in [0, 0.05) is 23.2 Å². The van der Waals surface area contributed by atoms with Crippen molar-refractivity contribution in [2.24, 2.45) is 5.14 Å². The van der Waals surface area contributed by atoms with Gasteiger partial charge in [-0.2, -0.15) is 4.98 Å². The molecule has 0 aliphatic heterocycles. The van der Waals surface area contributed by atoms with Crippen molar-refractivity contribution >= 4 is 33.4 Å². The molecule has 0 aliphatic rings. The van der Waals surface area contributed by atoms with Gasteiger partial charge in [0.05, 0.1) is 10.6 Å². The molecule has 1 aromatic heterocycles. The molecule has 5 N–H and O–H groups in total. The fourth-order valence-electron chi connectivity index (χ4n) is 2.76. The Morgan fingerprint density at radius 3 is 2.50 bits per heavy atom. The Hall–Kier alpha value is -2.68. The van der Waals surface area contributed by atoms with E-state index in [0.717, 1.165) is 16.7 Å². The van der Waals surface area contributed by atoms with Crippen LogP contribution >= 0.6 is 11.6 Å². The maximum atomic E-state index is 11.3. The largest absolute Gasteiger partial charge is 0.370 e. The first kappa shape index (κ1) is 20.1. The lowest BCUT2D eigenvalue weighted by atomic mass is 10.1. The standard InChI is InChI=1S/C19H20ClN5O2S/c1-12-15(3-2-4-16(12)20)17-11-18(25-19(21)24-17)23-10-9-13-5-7-14(8-6-13)28(22,26)27/h2-8,11H,9-10H2,1H3,(H2,22,26,27)(H3,21,23,24,25). The number of primary sulfonamides is 1. The zero-order valence-corrected chi connectivity index (χ0v) is 16.8. The second kappa shape index (κ2) is 8.14. The molecule has 7 nitrogen and oxygen atoms in total. The van der Waals surface area contributed by atoms with Gasteiger partial charge in [-0.05, 0) is 42.7 Å². The van der Waals surface area contributed by atoms with Crippen LogP contribution in [-0.2, 0) is 16.4 Å². The maximum Gasteiger partial charge on any atom is 0.238 e. The van der Waals surface area contributed by atoms with Gasteiger partial charge in [0.25, 0.3) is 0 Å². The highest BCUT2D eigenvalue weighted by Crippen LogP contribution is 2.28. The second-order valence-electron chi connectivity index (χ2n) is 6.27. The van der Waals surface area contributed by atoms with E-state index in [9.17, 15) is 8.42 Å². The van der Waals surface area contributed by atoms with Crippen molar-refractivity contribution < 1.29 is 8.42 Å². The van der Waals surface area contributed by atoms with Gasteiger partial charge in [-0.1, -0.05) is 35.9 Å². The average molecular weight is 418 g/mol. The zero-order valence-electron chi connectivity index (χ0n) is 15.2. The molecule has 28 heavy (non-hydrogen) atoms. The third-order valence-corrected chi connectivity index (χ3v) is 5.60. The van der Waals surface area contributed by atoms with E-state index in [4.69, 9.17) is 22.5 Å². The van der Waals surface area contributed by atoms with Gasteiger partial charge in [-0.3, -0.25) is 0 Å². The molecular formula is C19H20ClN5O2S. The molecular weight excluding hydrogens is 398 g/mol. The third-order valence-electron chi connectivity index (χ3n) is 4.26. The van der Waals surface area contributed by atoms with Crippen LogP contribution in [0.3, 0.4) is 0 Å².